The molecule has 0 bridgehead atoms. The number of fused-ring (bicyclic) bond motifs is 1. The van der Waals surface area contributed by atoms with Crippen molar-refractivity contribution in [2.45, 2.75) is 13.0 Å². The molecule has 5 aromatic rings. The van der Waals surface area contributed by atoms with E-state index in [1.165, 1.54) is 20.3 Å². The van der Waals surface area contributed by atoms with Crippen molar-refractivity contribution < 1.29 is 14.3 Å². The van der Waals surface area contributed by atoms with Gasteiger partial charge >= 0.3 is 0 Å². The Bertz CT molecular complexity index is 1960. The molecule has 0 saturated heterocycles. The summed E-state index contributed by atoms with van der Waals surface area (Å²) in [5, 5.41) is 7.01. The molecule has 236 valence electrons. The SMILES string of the molecule is COc1cc(OC)c(Cl)c(-c2cc3cnc(Nc4ccccc4)nc3n(C(C)c3cccc(NC(=O)/C=C/CN(C)C)c3)c2=O)c1. The molecule has 0 radical (unpaired) electrons. The Kier molecular flexibility index (Phi) is 10.00. The second-order valence-electron chi connectivity index (χ2n) is 10.8. The fourth-order valence-electron chi connectivity index (χ4n) is 5.00. The second-order valence-corrected chi connectivity index (χ2v) is 11.2. The maximum atomic E-state index is 14.5. The number of nitrogens with one attached hydrogen (secondary N) is 2. The molecule has 11 heteroatoms. The predicted octanol–water partition coefficient (Wildman–Crippen LogP) is 6.54. The lowest BCUT2D eigenvalue weighted by Gasteiger charge is -2.21. The molecular weight excluding hydrogens is 604 g/mol. The third-order valence-corrected chi connectivity index (χ3v) is 7.72. The summed E-state index contributed by atoms with van der Waals surface area (Å²) in [6.45, 7) is 2.55. The van der Waals surface area contributed by atoms with Crippen molar-refractivity contribution in [2.24, 2.45) is 0 Å². The van der Waals surface area contributed by atoms with Gasteiger partial charge in [0.1, 0.15) is 17.1 Å². The van der Waals surface area contributed by atoms with Gasteiger partial charge in [0.2, 0.25) is 11.9 Å². The van der Waals surface area contributed by atoms with E-state index in [-0.39, 0.29) is 16.5 Å². The summed E-state index contributed by atoms with van der Waals surface area (Å²) in [5.41, 5.74) is 3.04. The number of benzene rings is 3. The molecule has 46 heavy (non-hydrogen) atoms. The highest BCUT2D eigenvalue weighted by Gasteiger charge is 2.22. The highest BCUT2D eigenvalue weighted by atomic mass is 35.5. The van der Waals surface area contributed by atoms with Gasteiger partial charge in [0, 0.05) is 52.8 Å². The average Bonchev–Trinajstić information content (AvgIpc) is 3.05. The first-order chi connectivity index (χ1) is 22.2. The molecule has 1 amide bonds. The van der Waals surface area contributed by atoms with Gasteiger partial charge in [-0.2, -0.15) is 4.98 Å². The van der Waals surface area contributed by atoms with E-state index in [0.29, 0.717) is 51.8 Å². The number of carbonyl (C=O) groups excluding carboxylic acids is 1. The van der Waals surface area contributed by atoms with Crippen LogP contribution in [0.15, 0.2) is 95.9 Å². The van der Waals surface area contributed by atoms with E-state index in [1.807, 2.05) is 74.4 Å². The molecule has 5 rings (SSSR count). The maximum Gasteiger partial charge on any atom is 0.260 e. The molecule has 3 aromatic carbocycles. The van der Waals surface area contributed by atoms with E-state index < -0.39 is 6.04 Å². The monoisotopic (exact) mass is 638 g/mol. The Labute approximate surface area is 272 Å². The van der Waals surface area contributed by atoms with Crippen molar-refractivity contribution in [3.8, 4) is 22.6 Å². The van der Waals surface area contributed by atoms with Gasteiger partial charge in [-0.3, -0.25) is 14.2 Å². The van der Waals surface area contributed by atoms with Crippen molar-refractivity contribution in [1.29, 1.82) is 0 Å². The summed E-state index contributed by atoms with van der Waals surface area (Å²) in [5.74, 6) is 0.939. The average molecular weight is 639 g/mol. The number of amides is 1. The predicted molar refractivity (Wildman–Crippen MR) is 184 cm³/mol. The highest BCUT2D eigenvalue weighted by molar-refractivity contribution is 6.35. The maximum absolute atomic E-state index is 14.5. The fourth-order valence-corrected chi connectivity index (χ4v) is 5.29. The summed E-state index contributed by atoms with van der Waals surface area (Å²) in [4.78, 5) is 38.4. The van der Waals surface area contributed by atoms with Crippen LogP contribution >= 0.6 is 11.6 Å². The summed E-state index contributed by atoms with van der Waals surface area (Å²) >= 11 is 6.76. The summed E-state index contributed by atoms with van der Waals surface area (Å²) in [6.07, 6.45) is 4.96. The van der Waals surface area contributed by atoms with Crippen molar-refractivity contribution in [1.82, 2.24) is 19.4 Å². The van der Waals surface area contributed by atoms with E-state index in [4.69, 9.17) is 26.1 Å². The van der Waals surface area contributed by atoms with Gasteiger partial charge in [-0.05, 0) is 63.0 Å². The number of nitrogens with zero attached hydrogens (tertiary/aromatic N) is 4. The molecule has 0 saturated carbocycles. The number of para-hydroxylation sites is 1. The number of hydrogen-bond donors (Lipinski definition) is 2. The Hall–Kier alpha value is -5.19. The van der Waals surface area contributed by atoms with Gasteiger partial charge in [0.15, 0.2) is 0 Å². The van der Waals surface area contributed by atoms with Crippen LogP contribution in [0.4, 0.5) is 17.3 Å². The van der Waals surface area contributed by atoms with E-state index in [9.17, 15) is 9.59 Å². The summed E-state index contributed by atoms with van der Waals surface area (Å²) in [6, 6.07) is 21.5. The smallest absolute Gasteiger partial charge is 0.260 e. The van der Waals surface area contributed by atoms with Crippen molar-refractivity contribution >= 4 is 45.9 Å². The van der Waals surface area contributed by atoms with Gasteiger partial charge in [-0.15, -0.1) is 0 Å². The van der Waals surface area contributed by atoms with Crippen LogP contribution in [-0.4, -0.2) is 60.2 Å². The lowest BCUT2D eigenvalue weighted by atomic mass is 10.0. The topological polar surface area (TPSA) is 111 Å². The number of carbonyl (C=O) groups is 1. The third kappa shape index (κ3) is 7.20. The first-order valence-corrected chi connectivity index (χ1v) is 14.9. The molecule has 0 aliphatic heterocycles. The number of aromatic nitrogens is 3. The molecule has 0 spiro atoms. The number of hydrogen-bond acceptors (Lipinski definition) is 8. The number of rotatable bonds is 11. The van der Waals surface area contributed by atoms with Gasteiger partial charge in [0.25, 0.3) is 5.56 Å². The van der Waals surface area contributed by atoms with Gasteiger partial charge in [0.05, 0.1) is 25.3 Å². The lowest BCUT2D eigenvalue weighted by molar-refractivity contribution is -0.111. The minimum Gasteiger partial charge on any atom is -0.497 e. The molecular formula is C35H35ClN6O4. The quantitative estimate of drug-likeness (QED) is 0.157. The third-order valence-electron chi connectivity index (χ3n) is 7.33. The zero-order valence-electron chi connectivity index (χ0n) is 26.2. The van der Waals surface area contributed by atoms with Crippen LogP contribution in [0.1, 0.15) is 18.5 Å². The largest absolute Gasteiger partial charge is 0.497 e. The fraction of sp³-hybridized carbons (Fsp3) is 0.200. The van der Waals surface area contributed by atoms with Crippen LogP contribution in [0.2, 0.25) is 5.02 Å². The number of pyridine rings is 1. The second kappa shape index (κ2) is 14.3. The Morgan fingerprint density at radius 1 is 1.00 bits per heavy atom. The Morgan fingerprint density at radius 2 is 1.76 bits per heavy atom. The standard InChI is InChI=1S/C35H35ClN6O4/c1-22(23-11-9-14-26(17-23)38-31(43)15-10-16-41(2)3)42-33-24(21-37-35(40-33)39-25-12-7-6-8-13-25)18-29(34(42)44)28-19-27(45-4)20-30(46-5)32(28)36/h6-15,17-22H,16H2,1-5H3,(H,38,43)(H,37,39,40)/b15-10+. The molecule has 0 fully saturated rings. The molecule has 0 aliphatic carbocycles. The normalized spacial score (nSPS) is 12.0. The first-order valence-electron chi connectivity index (χ1n) is 14.6. The number of methoxy groups -OCH3 is 2. The highest BCUT2D eigenvalue weighted by Crippen LogP contribution is 2.39. The van der Waals surface area contributed by atoms with Gasteiger partial charge in [-0.25, -0.2) is 4.98 Å². The summed E-state index contributed by atoms with van der Waals surface area (Å²) < 4.78 is 12.6. The van der Waals surface area contributed by atoms with Crippen molar-refractivity contribution in [3.05, 3.63) is 112 Å². The molecule has 1 unspecified atom stereocenters. The summed E-state index contributed by atoms with van der Waals surface area (Å²) in [7, 11) is 6.90. The minimum absolute atomic E-state index is 0.248. The van der Waals surface area contributed by atoms with E-state index in [2.05, 4.69) is 15.6 Å². The van der Waals surface area contributed by atoms with Crippen LogP contribution in [0.5, 0.6) is 11.5 Å². The minimum atomic E-state index is -0.512. The van der Waals surface area contributed by atoms with Crippen LogP contribution in [0.3, 0.4) is 0 Å². The van der Waals surface area contributed by atoms with Gasteiger partial charge in [-0.1, -0.05) is 48.0 Å². The zero-order valence-corrected chi connectivity index (χ0v) is 27.0. The van der Waals surface area contributed by atoms with E-state index in [1.54, 1.807) is 41.1 Å². The molecule has 0 aliphatic rings. The van der Waals surface area contributed by atoms with Gasteiger partial charge < -0.3 is 25.0 Å². The zero-order chi connectivity index (χ0) is 32.8. The number of halogens is 1. The molecule has 2 N–H and O–H groups in total. The van der Waals surface area contributed by atoms with Crippen LogP contribution < -0.4 is 25.7 Å². The van der Waals surface area contributed by atoms with Crippen LogP contribution in [0.25, 0.3) is 22.2 Å². The van der Waals surface area contributed by atoms with Crippen LogP contribution in [-0.2, 0) is 4.79 Å². The van der Waals surface area contributed by atoms with Crippen LogP contribution in [0, 0.1) is 0 Å². The molecule has 1 atom stereocenters. The lowest BCUT2D eigenvalue weighted by Crippen LogP contribution is -2.27. The van der Waals surface area contributed by atoms with E-state index >= 15 is 0 Å². The number of anilines is 3. The first kappa shape index (κ1) is 32.2. The Balaban J connectivity index is 1.65. The molecule has 2 heterocycles. The molecule has 10 nitrogen and oxygen atoms in total. The van der Waals surface area contributed by atoms with Crippen molar-refractivity contribution in [2.75, 3.05) is 45.5 Å². The number of likely N-dealkylation sites (N-methyl/N-ethyl adjacent to an activating group) is 1. The van der Waals surface area contributed by atoms with E-state index in [0.717, 1.165) is 11.3 Å². The number of ether oxygens (including phenoxy) is 2. The van der Waals surface area contributed by atoms with Crippen molar-refractivity contribution in [3.63, 3.8) is 0 Å². The Morgan fingerprint density at radius 3 is 2.48 bits per heavy atom. The molecule has 2 aromatic heterocycles.